The zero-order valence-corrected chi connectivity index (χ0v) is 9.18. The van der Waals surface area contributed by atoms with Gasteiger partial charge in [-0.3, -0.25) is 0 Å². The number of hydrogen-bond donors (Lipinski definition) is 1. The van der Waals surface area contributed by atoms with E-state index >= 15 is 0 Å². The van der Waals surface area contributed by atoms with Crippen LogP contribution in [0.2, 0.25) is 0 Å². The molecule has 2 N–H and O–H groups in total. The molecule has 0 bridgehead atoms. The van der Waals surface area contributed by atoms with Crippen LogP contribution < -0.4 is 10.6 Å². The number of rotatable bonds is 1. The van der Waals surface area contributed by atoms with Gasteiger partial charge in [-0.1, -0.05) is 0 Å². The maximum Gasteiger partial charge on any atom is 0.152 e. The molecule has 1 aliphatic heterocycles. The zero-order valence-electron chi connectivity index (χ0n) is 9.18. The van der Waals surface area contributed by atoms with Gasteiger partial charge in [0.1, 0.15) is 6.07 Å². The summed E-state index contributed by atoms with van der Waals surface area (Å²) in [5.74, 6) is 0.745. The summed E-state index contributed by atoms with van der Waals surface area (Å²) in [6.07, 6.45) is 1.73. The van der Waals surface area contributed by atoms with E-state index in [1.807, 2.05) is 13.0 Å². The Labute approximate surface area is 94.4 Å². The first-order chi connectivity index (χ1) is 7.70. The van der Waals surface area contributed by atoms with Crippen LogP contribution in [0.3, 0.4) is 0 Å². The quantitative estimate of drug-likeness (QED) is 0.753. The SMILES string of the molecule is CC1CN(c2ncc(C#N)cc2N)CCO1. The third-order valence-electron chi connectivity index (χ3n) is 2.56. The summed E-state index contributed by atoms with van der Waals surface area (Å²) in [6.45, 7) is 4.27. The van der Waals surface area contributed by atoms with Crippen LogP contribution in [-0.4, -0.2) is 30.8 Å². The molecular weight excluding hydrogens is 204 g/mol. The Balaban J connectivity index is 2.23. The monoisotopic (exact) mass is 218 g/mol. The molecule has 84 valence electrons. The van der Waals surface area contributed by atoms with Crippen molar-refractivity contribution >= 4 is 11.5 Å². The van der Waals surface area contributed by atoms with Gasteiger partial charge < -0.3 is 15.4 Å². The predicted octanol–water partition coefficient (Wildman–Crippen LogP) is 0.761. The predicted molar refractivity (Wildman–Crippen MR) is 61.0 cm³/mol. The molecule has 1 atom stereocenters. The van der Waals surface area contributed by atoms with Crippen molar-refractivity contribution in [1.29, 1.82) is 5.26 Å². The van der Waals surface area contributed by atoms with Crippen LogP contribution in [0.25, 0.3) is 0 Å². The molecule has 2 rings (SSSR count). The molecule has 16 heavy (non-hydrogen) atoms. The highest BCUT2D eigenvalue weighted by molar-refractivity contribution is 5.64. The van der Waals surface area contributed by atoms with Crippen molar-refractivity contribution < 1.29 is 4.74 Å². The minimum Gasteiger partial charge on any atom is -0.396 e. The first kappa shape index (κ1) is 10.7. The number of nitrogen functional groups attached to an aromatic ring is 1. The summed E-state index contributed by atoms with van der Waals surface area (Å²) in [4.78, 5) is 6.32. The molecular formula is C11H14N4O. The lowest BCUT2D eigenvalue weighted by Gasteiger charge is -2.32. The summed E-state index contributed by atoms with van der Waals surface area (Å²) in [5, 5.41) is 8.73. The molecule has 5 nitrogen and oxygen atoms in total. The normalized spacial score (nSPS) is 20.5. The Kier molecular flexibility index (Phi) is 2.93. The van der Waals surface area contributed by atoms with E-state index in [2.05, 4.69) is 9.88 Å². The van der Waals surface area contributed by atoms with Gasteiger partial charge in [0.25, 0.3) is 0 Å². The number of nitriles is 1. The maximum atomic E-state index is 8.73. The molecule has 0 aromatic carbocycles. The number of nitrogens with two attached hydrogens (primary N) is 1. The van der Waals surface area contributed by atoms with E-state index < -0.39 is 0 Å². The van der Waals surface area contributed by atoms with E-state index in [0.29, 0.717) is 17.9 Å². The van der Waals surface area contributed by atoms with Gasteiger partial charge >= 0.3 is 0 Å². The smallest absolute Gasteiger partial charge is 0.152 e. The topological polar surface area (TPSA) is 75.2 Å². The van der Waals surface area contributed by atoms with E-state index in [1.165, 1.54) is 0 Å². The Hall–Kier alpha value is -1.80. The highest BCUT2D eigenvalue weighted by Gasteiger charge is 2.19. The number of morpholine rings is 1. The molecule has 0 spiro atoms. The number of hydrogen-bond acceptors (Lipinski definition) is 5. The van der Waals surface area contributed by atoms with Crippen LogP contribution in [0.4, 0.5) is 11.5 Å². The van der Waals surface area contributed by atoms with Crippen LogP contribution >= 0.6 is 0 Å². The molecule has 1 saturated heterocycles. The molecule has 0 amide bonds. The number of ether oxygens (including phenoxy) is 1. The van der Waals surface area contributed by atoms with Gasteiger partial charge in [-0.25, -0.2) is 4.98 Å². The molecule has 1 fully saturated rings. The zero-order chi connectivity index (χ0) is 11.5. The summed E-state index contributed by atoms with van der Waals surface area (Å²) in [5.41, 5.74) is 6.91. The van der Waals surface area contributed by atoms with Gasteiger partial charge in [0, 0.05) is 19.3 Å². The van der Waals surface area contributed by atoms with Gasteiger partial charge in [0.15, 0.2) is 5.82 Å². The van der Waals surface area contributed by atoms with Crippen LogP contribution in [0.1, 0.15) is 12.5 Å². The summed E-state index contributed by atoms with van der Waals surface area (Å²) >= 11 is 0. The molecule has 0 aliphatic carbocycles. The van der Waals surface area contributed by atoms with E-state index in [1.54, 1.807) is 12.3 Å². The molecule has 5 heteroatoms. The van der Waals surface area contributed by atoms with Crippen molar-refractivity contribution in [2.24, 2.45) is 0 Å². The second-order valence-corrected chi connectivity index (χ2v) is 3.88. The van der Waals surface area contributed by atoms with E-state index in [0.717, 1.165) is 18.9 Å². The van der Waals surface area contributed by atoms with Crippen molar-refractivity contribution in [1.82, 2.24) is 4.98 Å². The lowest BCUT2D eigenvalue weighted by atomic mass is 10.2. The average molecular weight is 218 g/mol. The minimum atomic E-state index is 0.186. The van der Waals surface area contributed by atoms with Gasteiger partial charge in [-0.15, -0.1) is 0 Å². The Bertz CT molecular complexity index is 426. The fraction of sp³-hybridized carbons (Fsp3) is 0.455. The van der Waals surface area contributed by atoms with Gasteiger partial charge in [-0.05, 0) is 13.0 Å². The van der Waals surface area contributed by atoms with Crippen molar-refractivity contribution in [3.63, 3.8) is 0 Å². The Morgan fingerprint density at radius 3 is 3.12 bits per heavy atom. The van der Waals surface area contributed by atoms with Crippen LogP contribution in [0.15, 0.2) is 12.3 Å². The van der Waals surface area contributed by atoms with E-state index in [4.69, 9.17) is 15.7 Å². The van der Waals surface area contributed by atoms with Crippen molar-refractivity contribution in [2.45, 2.75) is 13.0 Å². The highest BCUT2D eigenvalue weighted by atomic mass is 16.5. The Morgan fingerprint density at radius 1 is 1.69 bits per heavy atom. The van der Waals surface area contributed by atoms with Crippen molar-refractivity contribution in [3.05, 3.63) is 17.8 Å². The first-order valence-electron chi connectivity index (χ1n) is 5.23. The third kappa shape index (κ3) is 2.07. The van der Waals surface area contributed by atoms with Crippen LogP contribution in [0.5, 0.6) is 0 Å². The maximum absolute atomic E-state index is 8.73. The molecule has 1 aliphatic rings. The standard InChI is InChI=1S/C11H14N4O/c1-8-7-15(2-3-16-8)11-10(13)4-9(5-12)6-14-11/h4,6,8H,2-3,7,13H2,1H3. The summed E-state index contributed by atoms with van der Waals surface area (Å²) in [7, 11) is 0. The third-order valence-corrected chi connectivity index (χ3v) is 2.56. The van der Waals surface area contributed by atoms with Crippen LogP contribution in [-0.2, 0) is 4.74 Å². The molecule has 2 heterocycles. The number of nitrogens with zero attached hydrogens (tertiary/aromatic N) is 3. The number of anilines is 2. The lowest BCUT2D eigenvalue weighted by Crippen LogP contribution is -2.41. The first-order valence-corrected chi connectivity index (χ1v) is 5.23. The number of aromatic nitrogens is 1. The second kappa shape index (κ2) is 4.37. The fourth-order valence-corrected chi connectivity index (χ4v) is 1.81. The Morgan fingerprint density at radius 2 is 2.50 bits per heavy atom. The molecule has 1 aromatic rings. The minimum absolute atomic E-state index is 0.186. The number of pyridine rings is 1. The second-order valence-electron chi connectivity index (χ2n) is 3.88. The van der Waals surface area contributed by atoms with E-state index in [9.17, 15) is 0 Å². The lowest BCUT2D eigenvalue weighted by molar-refractivity contribution is 0.0530. The van der Waals surface area contributed by atoms with Gasteiger partial charge in [-0.2, -0.15) is 5.26 Å². The van der Waals surface area contributed by atoms with Gasteiger partial charge in [0.2, 0.25) is 0 Å². The average Bonchev–Trinajstić information content (AvgIpc) is 2.28. The molecule has 1 unspecified atom stereocenters. The van der Waals surface area contributed by atoms with E-state index in [-0.39, 0.29) is 6.10 Å². The molecule has 0 saturated carbocycles. The van der Waals surface area contributed by atoms with Crippen LogP contribution in [0, 0.1) is 11.3 Å². The molecule has 1 aromatic heterocycles. The van der Waals surface area contributed by atoms with Gasteiger partial charge in [0.05, 0.1) is 24.0 Å². The van der Waals surface area contributed by atoms with Crippen molar-refractivity contribution in [3.8, 4) is 6.07 Å². The largest absolute Gasteiger partial charge is 0.396 e. The summed E-state index contributed by atoms with van der Waals surface area (Å²) in [6, 6.07) is 3.68. The summed E-state index contributed by atoms with van der Waals surface area (Å²) < 4.78 is 5.45. The highest BCUT2D eigenvalue weighted by Crippen LogP contribution is 2.22. The fourth-order valence-electron chi connectivity index (χ4n) is 1.81. The molecule has 0 radical (unpaired) electrons. The van der Waals surface area contributed by atoms with Crippen molar-refractivity contribution in [2.75, 3.05) is 30.3 Å².